The fraction of sp³-hybridized carbons (Fsp3) is 0.357. The molecule has 1 unspecified atom stereocenters. The van der Waals surface area contributed by atoms with Crippen molar-refractivity contribution in [1.29, 1.82) is 0 Å². The zero-order valence-corrected chi connectivity index (χ0v) is 9.76. The molecule has 84 valence electrons. The summed E-state index contributed by atoms with van der Waals surface area (Å²) in [6, 6.07) is 11.3. The Morgan fingerprint density at radius 3 is 2.69 bits per heavy atom. The summed E-state index contributed by atoms with van der Waals surface area (Å²) in [5.41, 5.74) is 1.43. The Hall–Kier alpha value is -1.57. The van der Waals surface area contributed by atoms with Crippen molar-refractivity contribution in [3.8, 4) is 0 Å². The van der Waals surface area contributed by atoms with Gasteiger partial charge in [0.05, 0.1) is 0 Å². The molecule has 0 aliphatic rings. The molecule has 2 aromatic rings. The molecule has 2 rings (SSSR count). The van der Waals surface area contributed by atoms with Crippen molar-refractivity contribution in [2.45, 2.75) is 32.2 Å². The number of rotatable bonds is 5. The minimum absolute atomic E-state index is 0.603. The van der Waals surface area contributed by atoms with Gasteiger partial charge in [-0.15, -0.1) is 0 Å². The third-order valence-electron chi connectivity index (χ3n) is 3.07. The fourth-order valence-corrected chi connectivity index (χ4v) is 2.07. The Kier molecular flexibility index (Phi) is 3.76. The van der Waals surface area contributed by atoms with Crippen molar-refractivity contribution in [2.24, 2.45) is 0 Å². The van der Waals surface area contributed by atoms with E-state index in [2.05, 4.69) is 53.0 Å². The van der Waals surface area contributed by atoms with E-state index in [1.807, 2.05) is 12.5 Å². The predicted octanol–water partition coefficient (Wildman–Crippen LogP) is 2.89. The molecule has 1 aromatic heterocycles. The Labute approximate surface area is 97.0 Å². The molecule has 1 atom stereocenters. The van der Waals surface area contributed by atoms with E-state index in [0.29, 0.717) is 6.04 Å². The van der Waals surface area contributed by atoms with Crippen molar-refractivity contribution < 1.29 is 4.57 Å². The van der Waals surface area contributed by atoms with Crippen molar-refractivity contribution in [2.75, 3.05) is 0 Å². The lowest BCUT2D eigenvalue weighted by molar-refractivity contribution is -0.722. The fourth-order valence-electron chi connectivity index (χ4n) is 2.07. The molecule has 0 saturated carbocycles. The number of H-pyrrole nitrogens is 1. The van der Waals surface area contributed by atoms with Crippen LogP contribution in [0, 0.1) is 0 Å². The number of nitrogens with one attached hydrogen (secondary N) is 1. The Morgan fingerprint density at radius 1 is 1.25 bits per heavy atom. The van der Waals surface area contributed by atoms with Crippen molar-refractivity contribution in [3.63, 3.8) is 0 Å². The standard InChI is InChI=1S/C14H18N2/c1-2-14(16-11-10-15-12-16)9-8-13-6-4-3-5-7-13/h3-7,10-12,14H,2,8-9H2,1H3/p+1. The number of hydrogen-bond acceptors (Lipinski definition) is 0. The number of aryl methyl sites for hydroxylation is 1. The van der Waals surface area contributed by atoms with Gasteiger partial charge in [0.25, 0.3) is 0 Å². The largest absolute Gasteiger partial charge is 0.250 e. The third kappa shape index (κ3) is 2.72. The minimum atomic E-state index is 0.603. The van der Waals surface area contributed by atoms with E-state index in [0.717, 1.165) is 6.42 Å². The molecule has 0 saturated heterocycles. The van der Waals surface area contributed by atoms with Crippen LogP contribution < -0.4 is 4.57 Å². The monoisotopic (exact) mass is 215 g/mol. The maximum atomic E-state index is 3.11. The molecule has 0 spiro atoms. The first-order chi connectivity index (χ1) is 7.90. The van der Waals surface area contributed by atoms with Gasteiger partial charge in [0.1, 0.15) is 18.4 Å². The second kappa shape index (κ2) is 5.50. The van der Waals surface area contributed by atoms with Crippen LogP contribution in [0.4, 0.5) is 0 Å². The van der Waals surface area contributed by atoms with Gasteiger partial charge in [0, 0.05) is 0 Å². The summed E-state index contributed by atoms with van der Waals surface area (Å²) in [5.74, 6) is 0. The summed E-state index contributed by atoms with van der Waals surface area (Å²) in [6.07, 6.45) is 9.65. The first kappa shape index (κ1) is 10.9. The highest BCUT2D eigenvalue weighted by atomic mass is 15.0. The highest BCUT2D eigenvalue weighted by molar-refractivity contribution is 5.14. The Balaban J connectivity index is 1.94. The van der Waals surface area contributed by atoms with Gasteiger partial charge in [0.15, 0.2) is 0 Å². The molecule has 0 bridgehead atoms. The van der Waals surface area contributed by atoms with Gasteiger partial charge in [-0.05, 0) is 24.8 Å². The molecule has 0 aliphatic carbocycles. The third-order valence-corrected chi connectivity index (χ3v) is 3.07. The molecular formula is C14H19N2+. The van der Waals surface area contributed by atoms with E-state index in [-0.39, 0.29) is 0 Å². The van der Waals surface area contributed by atoms with Crippen LogP contribution in [0.2, 0.25) is 0 Å². The summed E-state index contributed by atoms with van der Waals surface area (Å²) in [7, 11) is 0. The van der Waals surface area contributed by atoms with Gasteiger partial charge in [-0.25, -0.2) is 4.57 Å². The average molecular weight is 215 g/mol. The number of hydrogen-bond donors (Lipinski definition) is 1. The number of aromatic nitrogens is 2. The summed E-state index contributed by atoms with van der Waals surface area (Å²) >= 11 is 0. The molecule has 16 heavy (non-hydrogen) atoms. The SMILES string of the molecule is CCC(CCc1ccccc1)[n+]1cc[nH]c1. The molecular weight excluding hydrogens is 196 g/mol. The topological polar surface area (TPSA) is 19.7 Å². The lowest BCUT2D eigenvalue weighted by Crippen LogP contribution is -2.36. The van der Waals surface area contributed by atoms with Gasteiger partial charge in [0.2, 0.25) is 6.33 Å². The quantitative estimate of drug-likeness (QED) is 0.740. The van der Waals surface area contributed by atoms with Gasteiger partial charge >= 0.3 is 0 Å². The van der Waals surface area contributed by atoms with Crippen LogP contribution >= 0.6 is 0 Å². The Bertz CT molecular complexity index is 392. The maximum Gasteiger partial charge on any atom is 0.241 e. The van der Waals surface area contributed by atoms with Crippen LogP contribution in [-0.4, -0.2) is 4.98 Å². The van der Waals surface area contributed by atoms with E-state index >= 15 is 0 Å². The highest BCUT2D eigenvalue weighted by Crippen LogP contribution is 2.12. The average Bonchev–Trinajstić information content (AvgIpc) is 2.85. The molecule has 1 heterocycles. The lowest BCUT2D eigenvalue weighted by Gasteiger charge is -2.11. The van der Waals surface area contributed by atoms with Crippen LogP contribution in [-0.2, 0) is 6.42 Å². The highest BCUT2D eigenvalue weighted by Gasteiger charge is 2.12. The van der Waals surface area contributed by atoms with Crippen molar-refractivity contribution >= 4 is 0 Å². The van der Waals surface area contributed by atoms with Crippen LogP contribution in [0.25, 0.3) is 0 Å². The Morgan fingerprint density at radius 2 is 2.06 bits per heavy atom. The first-order valence-electron chi connectivity index (χ1n) is 5.97. The molecule has 2 heteroatoms. The van der Waals surface area contributed by atoms with Gasteiger partial charge < -0.3 is 0 Å². The predicted molar refractivity (Wildman–Crippen MR) is 65.1 cm³/mol. The molecule has 0 amide bonds. The lowest BCUT2D eigenvalue weighted by atomic mass is 10.0. The molecule has 0 aliphatic heterocycles. The number of nitrogens with zero attached hydrogens (tertiary/aromatic N) is 1. The zero-order valence-electron chi connectivity index (χ0n) is 9.76. The minimum Gasteiger partial charge on any atom is -0.250 e. The van der Waals surface area contributed by atoms with E-state index in [1.54, 1.807) is 0 Å². The molecule has 1 aromatic carbocycles. The van der Waals surface area contributed by atoms with E-state index in [1.165, 1.54) is 18.4 Å². The van der Waals surface area contributed by atoms with Crippen molar-refractivity contribution in [3.05, 3.63) is 54.6 Å². The van der Waals surface area contributed by atoms with Crippen LogP contribution in [0.5, 0.6) is 0 Å². The van der Waals surface area contributed by atoms with Gasteiger partial charge in [-0.2, -0.15) is 0 Å². The zero-order chi connectivity index (χ0) is 11.2. The smallest absolute Gasteiger partial charge is 0.241 e. The first-order valence-corrected chi connectivity index (χ1v) is 5.97. The van der Waals surface area contributed by atoms with E-state index in [9.17, 15) is 0 Å². The summed E-state index contributed by atoms with van der Waals surface area (Å²) < 4.78 is 2.27. The van der Waals surface area contributed by atoms with Crippen LogP contribution in [0.1, 0.15) is 31.4 Å². The van der Waals surface area contributed by atoms with E-state index < -0.39 is 0 Å². The maximum absolute atomic E-state index is 3.11. The normalized spacial score (nSPS) is 12.6. The van der Waals surface area contributed by atoms with Crippen molar-refractivity contribution in [1.82, 2.24) is 4.98 Å². The second-order valence-electron chi connectivity index (χ2n) is 4.15. The summed E-state index contributed by atoms with van der Waals surface area (Å²) in [4.78, 5) is 3.11. The van der Waals surface area contributed by atoms with Gasteiger partial charge in [-0.1, -0.05) is 37.3 Å². The summed E-state index contributed by atoms with van der Waals surface area (Å²) in [5, 5.41) is 0. The van der Waals surface area contributed by atoms with Crippen LogP contribution in [0.15, 0.2) is 49.1 Å². The second-order valence-corrected chi connectivity index (χ2v) is 4.15. The molecule has 0 radical (unpaired) electrons. The summed E-state index contributed by atoms with van der Waals surface area (Å²) in [6.45, 7) is 2.25. The number of benzene rings is 1. The molecule has 1 N–H and O–H groups in total. The van der Waals surface area contributed by atoms with E-state index in [4.69, 9.17) is 0 Å². The van der Waals surface area contributed by atoms with Gasteiger partial charge in [-0.3, -0.25) is 4.98 Å². The molecule has 0 fully saturated rings. The molecule has 2 nitrogen and oxygen atoms in total. The number of imidazole rings is 1. The number of aromatic amines is 1. The van der Waals surface area contributed by atoms with Crippen LogP contribution in [0.3, 0.4) is 0 Å².